The number of hydrogen-bond donors (Lipinski definition) is 1. The molecule has 0 amide bonds. The Bertz CT molecular complexity index is 965. The van der Waals surface area contributed by atoms with Gasteiger partial charge in [-0.3, -0.25) is 9.69 Å². The molecule has 5 rings (SSSR count). The number of anilines is 2. The Kier molecular flexibility index (Phi) is 3.06. The zero-order valence-electron chi connectivity index (χ0n) is 13.9. The van der Waals surface area contributed by atoms with E-state index in [1.165, 1.54) is 0 Å². The zero-order valence-corrected chi connectivity index (χ0v) is 14.7. The predicted octanol–water partition coefficient (Wildman–Crippen LogP) is 2.50. The minimum absolute atomic E-state index is 0.132. The molecule has 0 fully saturated rings. The molecule has 2 aromatic rings. The SMILES string of the molecule is C[S+](C)/N=C1/N=C2c3ccccc3NC2C2C(=O)c3ccccc3N12. The summed E-state index contributed by atoms with van der Waals surface area (Å²) in [7, 11) is 0. The largest absolute Gasteiger partial charge is 0.374 e. The third-order valence-electron chi connectivity index (χ3n) is 4.80. The molecular formula is C19H17N4OS+. The molecule has 2 atom stereocenters. The van der Waals surface area contributed by atoms with Crippen molar-refractivity contribution >= 4 is 39.9 Å². The van der Waals surface area contributed by atoms with Gasteiger partial charge in [0.05, 0.1) is 17.4 Å². The van der Waals surface area contributed by atoms with Crippen LogP contribution in [0.1, 0.15) is 15.9 Å². The standard InChI is InChI=1S/C19H17N4OS/c1-25(2)22-19-21-15-11-7-3-5-9-13(11)20-16(15)17-18(24)12-8-4-6-10-14(12)23(17)19/h3-10,16-17,20H,1-2H3/q+1/b22-19-. The Morgan fingerprint density at radius 1 is 1.08 bits per heavy atom. The topological polar surface area (TPSA) is 57.1 Å². The molecule has 1 N–H and O–H groups in total. The minimum Gasteiger partial charge on any atom is -0.374 e. The summed E-state index contributed by atoms with van der Waals surface area (Å²) in [6, 6.07) is 15.4. The van der Waals surface area contributed by atoms with Gasteiger partial charge in [-0.15, -0.1) is 0 Å². The molecule has 0 saturated heterocycles. The molecule has 3 aliphatic rings. The van der Waals surface area contributed by atoms with Crippen molar-refractivity contribution < 1.29 is 4.79 Å². The van der Waals surface area contributed by atoms with E-state index in [0.717, 1.165) is 28.2 Å². The molecule has 0 spiro atoms. The Morgan fingerprint density at radius 2 is 1.80 bits per heavy atom. The van der Waals surface area contributed by atoms with E-state index in [2.05, 4.69) is 23.9 Å². The fraction of sp³-hybridized carbons (Fsp3) is 0.211. The number of carbonyl (C=O) groups excluding carboxylic acids is 1. The monoisotopic (exact) mass is 349 g/mol. The highest BCUT2D eigenvalue weighted by molar-refractivity contribution is 7.94. The second-order valence-corrected chi connectivity index (χ2v) is 8.25. The lowest BCUT2D eigenvalue weighted by atomic mass is 9.96. The number of hydrogen-bond acceptors (Lipinski definition) is 3. The average Bonchev–Trinajstić information content (AvgIpc) is 3.11. The van der Waals surface area contributed by atoms with E-state index >= 15 is 0 Å². The van der Waals surface area contributed by atoms with Gasteiger partial charge in [0.1, 0.15) is 29.6 Å². The smallest absolute Gasteiger partial charge is 0.279 e. The zero-order chi connectivity index (χ0) is 17.1. The third-order valence-corrected chi connectivity index (χ3v) is 5.33. The summed E-state index contributed by atoms with van der Waals surface area (Å²) in [5.74, 6) is 0.773. The molecule has 0 aromatic heterocycles. The van der Waals surface area contributed by atoms with Crippen molar-refractivity contribution in [3.05, 3.63) is 59.7 Å². The number of carbonyl (C=O) groups is 1. The van der Waals surface area contributed by atoms with Gasteiger partial charge in [-0.05, 0) is 22.6 Å². The van der Waals surface area contributed by atoms with E-state index in [1.807, 2.05) is 47.4 Å². The molecule has 3 aliphatic heterocycles. The number of para-hydroxylation sites is 2. The number of aliphatic imine (C=N–C) groups is 1. The van der Waals surface area contributed by atoms with Crippen molar-refractivity contribution in [3.8, 4) is 0 Å². The quantitative estimate of drug-likeness (QED) is 0.805. The van der Waals surface area contributed by atoms with E-state index in [-0.39, 0.29) is 28.9 Å². The normalized spacial score (nSPS) is 24.6. The van der Waals surface area contributed by atoms with Crippen molar-refractivity contribution in [1.29, 1.82) is 0 Å². The van der Waals surface area contributed by atoms with Gasteiger partial charge >= 0.3 is 0 Å². The van der Waals surface area contributed by atoms with Crippen LogP contribution in [-0.2, 0) is 11.1 Å². The number of rotatable bonds is 1. The summed E-state index contributed by atoms with van der Waals surface area (Å²) >= 11 is -0.169. The van der Waals surface area contributed by atoms with E-state index in [9.17, 15) is 4.79 Å². The van der Waals surface area contributed by atoms with E-state index in [0.29, 0.717) is 5.96 Å². The maximum Gasteiger partial charge on any atom is 0.279 e. The van der Waals surface area contributed by atoms with Crippen LogP contribution >= 0.6 is 0 Å². The lowest BCUT2D eigenvalue weighted by Gasteiger charge is -2.33. The molecule has 0 aliphatic carbocycles. The lowest BCUT2D eigenvalue weighted by Crippen LogP contribution is -2.55. The van der Waals surface area contributed by atoms with Gasteiger partial charge in [-0.25, -0.2) is 4.99 Å². The molecule has 5 nitrogen and oxygen atoms in total. The van der Waals surface area contributed by atoms with Crippen LogP contribution in [-0.4, -0.2) is 42.0 Å². The summed E-state index contributed by atoms with van der Waals surface area (Å²) in [4.78, 5) is 20.1. The van der Waals surface area contributed by atoms with Crippen molar-refractivity contribution in [2.24, 2.45) is 9.39 Å². The lowest BCUT2D eigenvalue weighted by molar-refractivity contribution is 0.0973. The molecule has 0 bridgehead atoms. The maximum absolute atomic E-state index is 13.2. The number of ketones is 1. The number of fused-ring (bicyclic) bond motifs is 7. The maximum atomic E-state index is 13.2. The third kappa shape index (κ3) is 2.00. The van der Waals surface area contributed by atoms with Crippen LogP contribution in [0.4, 0.5) is 11.4 Å². The highest BCUT2D eigenvalue weighted by Crippen LogP contribution is 2.41. The average molecular weight is 349 g/mol. The first-order valence-electron chi connectivity index (χ1n) is 8.18. The van der Waals surface area contributed by atoms with E-state index in [4.69, 9.17) is 9.39 Å². The van der Waals surface area contributed by atoms with Gasteiger partial charge in [0.15, 0.2) is 5.78 Å². The van der Waals surface area contributed by atoms with Gasteiger partial charge in [0, 0.05) is 16.8 Å². The summed E-state index contributed by atoms with van der Waals surface area (Å²) in [5.41, 5.74) is 4.67. The second-order valence-electron chi connectivity index (χ2n) is 6.53. The second kappa shape index (κ2) is 5.20. The van der Waals surface area contributed by atoms with Gasteiger partial charge in [0.2, 0.25) is 0 Å². The number of nitrogens with one attached hydrogen (secondary N) is 1. The Balaban J connectivity index is 1.74. The summed E-state index contributed by atoms with van der Waals surface area (Å²) < 4.78 is 4.75. The molecule has 2 unspecified atom stereocenters. The number of benzene rings is 2. The van der Waals surface area contributed by atoms with Crippen LogP contribution in [0.2, 0.25) is 0 Å². The fourth-order valence-corrected chi connectivity index (χ4v) is 4.29. The molecule has 0 radical (unpaired) electrons. The molecule has 0 saturated carbocycles. The summed E-state index contributed by atoms with van der Waals surface area (Å²) in [5, 5.41) is 3.50. The van der Waals surface area contributed by atoms with Gasteiger partial charge in [-0.1, -0.05) is 30.3 Å². The van der Waals surface area contributed by atoms with Gasteiger partial charge in [0.25, 0.3) is 5.96 Å². The summed E-state index contributed by atoms with van der Waals surface area (Å²) in [6.07, 6.45) is 4.11. The first-order valence-corrected chi connectivity index (χ1v) is 10.2. The summed E-state index contributed by atoms with van der Waals surface area (Å²) in [6.45, 7) is 0. The molecule has 6 heteroatoms. The molecule has 2 aromatic carbocycles. The van der Waals surface area contributed by atoms with Crippen LogP contribution in [0, 0.1) is 0 Å². The van der Waals surface area contributed by atoms with Crippen LogP contribution in [0.25, 0.3) is 0 Å². The molecular weight excluding hydrogens is 332 g/mol. The van der Waals surface area contributed by atoms with Gasteiger partial charge in [-0.2, -0.15) is 0 Å². The van der Waals surface area contributed by atoms with Crippen molar-refractivity contribution in [2.75, 3.05) is 22.7 Å². The molecule has 124 valence electrons. The number of Topliss-reactive ketones (excluding diaryl/α,β-unsaturated/α-hetero) is 1. The van der Waals surface area contributed by atoms with Crippen LogP contribution in [0.15, 0.2) is 57.9 Å². The van der Waals surface area contributed by atoms with Gasteiger partial charge < -0.3 is 5.32 Å². The van der Waals surface area contributed by atoms with E-state index < -0.39 is 0 Å². The van der Waals surface area contributed by atoms with Crippen molar-refractivity contribution in [3.63, 3.8) is 0 Å². The first-order chi connectivity index (χ1) is 12.1. The molecule has 3 heterocycles. The number of nitrogens with zero attached hydrogens (tertiary/aromatic N) is 3. The Labute approximate surface area is 149 Å². The van der Waals surface area contributed by atoms with Crippen molar-refractivity contribution in [1.82, 2.24) is 0 Å². The van der Waals surface area contributed by atoms with Crippen molar-refractivity contribution in [2.45, 2.75) is 12.1 Å². The fourth-order valence-electron chi connectivity index (χ4n) is 3.83. The highest BCUT2D eigenvalue weighted by Gasteiger charge is 2.51. The highest BCUT2D eigenvalue weighted by atomic mass is 32.2. The van der Waals surface area contributed by atoms with Crippen LogP contribution in [0.5, 0.6) is 0 Å². The number of guanidine groups is 1. The first kappa shape index (κ1) is 14.7. The van der Waals surface area contributed by atoms with Crippen LogP contribution < -0.4 is 10.2 Å². The Hall–Kier alpha value is -2.60. The Morgan fingerprint density at radius 3 is 2.60 bits per heavy atom. The minimum atomic E-state index is -0.334. The van der Waals surface area contributed by atoms with E-state index in [1.54, 1.807) is 0 Å². The van der Waals surface area contributed by atoms with Crippen LogP contribution in [0.3, 0.4) is 0 Å². The predicted molar refractivity (Wildman–Crippen MR) is 104 cm³/mol. The molecule has 25 heavy (non-hydrogen) atoms.